The Kier molecular flexibility index (Phi) is 3.57. The minimum atomic E-state index is -0.899. The highest BCUT2D eigenvalue weighted by atomic mass is 16.4. The predicted octanol–water partition coefficient (Wildman–Crippen LogP) is 0.485. The summed E-state index contributed by atoms with van der Waals surface area (Å²) < 4.78 is 0. The van der Waals surface area contributed by atoms with Crippen LogP contribution in [0.1, 0.15) is 39.5 Å². The molecule has 92 valence electrons. The SMILES string of the molecule is CCCC(C)(N)C(=O)NCC1(C(=O)O)CC1. The van der Waals surface area contributed by atoms with E-state index in [-0.39, 0.29) is 12.5 Å². The third-order valence-electron chi connectivity index (χ3n) is 3.18. The van der Waals surface area contributed by atoms with E-state index < -0.39 is 16.9 Å². The molecule has 1 amide bonds. The number of carboxylic acids is 1. The molecule has 0 bridgehead atoms. The van der Waals surface area contributed by atoms with Crippen LogP contribution in [0.4, 0.5) is 0 Å². The van der Waals surface area contributed by atoms with Crippen LogP contribution >= 0.6 is 0 Å². The molecule has 0 aromatic rings. The second-order valence-corrected chi connectivity index (χ2v) is 4.94. The van der Waals surface area contributed by atoms with E-state index in [4.69, 9.17) is 10.8 Å². The van der Waals surface area contributed by atoms with Gasteiger partial charge in [-0.1, -0.05) is 13.3 Å². The normalized spacial score (nSPS) is 20.9. The number of carbonyl (C=O) groups excluding carboxylic acids is 1. The van der Waals surface area contributed by atoms with Crippen molar-refractivity contribution in [1.82, 2.24) is 5.32 Å². The van der Waals surface area contributed by atoms with E-state index in [9.17, 15) is 9.59 Å². The number of carboxylic acid groups (broad SMARTS) is 1. The number of hydrogen-bond acceptors (Lipinski definition) is 3. The molecular weight excluding hydrogens is 208 g/mol. The van der Waals surface area contributed by atoms with Gasteiger partial charge < -0.3 is 16.2 Å². The zero-order valence-electron chi connectivity index (χ0n) is 9.88. The molecule has 5 nitrogen and oxygen atoms in total. The molecule has 1 atom stereocenters. The second kappa shape index (κ2) is 4.41. The molecule has 5 heteroatoms. The van der Waals surface area contributed by atoms with Gasteiger partial charge >= 0.3 is 5.97 Å². The van der Waals surface area contributed by atoms with Crippen LogP contribution < -0.4 is 11.1 Å². The summed E-state index contributed by atoms with van der Waals surface area (Å²) in [5, 5.41) is 11.6. The number of aliphatic carboxylic acids is 1. The van der Waals surface area contributed by atoms with Crippen molar-refractivity contribution < 1.29 is 14.7 Å². The highest BCUT2D eigenvalue weighted by Crippen LogP contribution is 2.45. The fourth-order valence-corrected chi connectivity index (χ4v) is 1.70. The third kappa shape index (κ3) is 2.72. The average molecular weight is 228 g/mol. The van der Waals surface area contributed by atoms with E-state index in [1.807, 2.05) is 6.92 Å². The van der Waals surface area contributed by atoms with Crippen LogP contribution in [0.2, 0.25) is 0 Å². The first kappa shape index (κ1) is 13.0. The monoisotopic (exact) mass is 228 g/mol. The van der Waals surface area contributed by atoms with E-state index in [1.165, 1.54) is 0 Å². The summed E-state index contributed by atoms with van der Waals surface area (Å²) in [6, 6.07) is 0. The number of nitrogens with two attached hydrogens (primary N) is 1. The first-order valence-electron chi connectivity index (χ1n) is 5.65. The van der Waals surface area contributed by atoms with Crippen LogP contribution in [0.5, 0.6) is 0 Å². The van der Waals surface area contributed by atoms with Gasteiger partial charge in [0, 0.05) is 6.54 Å². The number of carbonyl (C=O) groups is 2. The van der Waals surface area contributed by atoms with Crippen LogP contribution in [0.3, 0.4) is 0 Å². The predicted molar refractivity (Wildman–Crippen MR) is 59.8 cm³/mol. The maximum absolute atomic E-state index is 11.7. The van der Waals surface area contributed by atoms with Crippen LogP contribution in [0.25, 0.3) is 0 Å². The minimum Gasteiger partial charge on any atom is -0.481 e. The van der Waals surface area contributed by atoms with Crippen molar-refractivity contribution in [2.75, 3.05) is 6.54 Å². The van der Waals surface area contributed by atoms with Crippen molar-refractivity contribution in [3.05, 3.63) is 0 Å². The molecule has 1 rings (SSSR count). The van der Waals surface area contributed by atoms with Crippen molar-refractivity contribution in [3.8, 4) is 0 Å². The maximum Gasteiger partial charge on any atom is 0.311 e. The van der Waals surface area contributed by atoms with E-state index in [2.05, 4.69) is 5.32 Å². The second-order valence-electron chi connectivity index (χ2n) is 4.94. The number of hydrogen-bond donors (Lipinski definition) is 3. The first-order valence-corrected chi connectivity index (χ1v) is 5.65. The Balaban J connectivity index is 2.44. The lowest BCUT2D eigenvalue weighted by atomic mass is 9.96. The van der Waals surface area contributed by atoms with E-state index in [0.29, 0.717) is 19.3 Å². The molecule has 1 saturated carbocycles. The molecular formula is C11H20N2O3. The average Bonchev–Trinajstić information content (AvgIpc) is 2.94. The van der Waals surface area contributed by atoms with Gasteiger partial charge in [0.1, 0.15) is 0 Å². The molecule has 4 N–H and O–H groups in total. The Morgan fingerprint density at radius 2 is 2.06 bits per heavy atom. The topological polar surface area (TPSA) is 92.4 Å². The van der Waals surface area contributed by atoms with Crippen molar-refractivity contribution >= 4 is 11.9 Å². The highest BCUT2D eigenvalue weighted by Gasteiger charge is 2.50. The summed E-state index contributed by atoms with van der Waals surface area (Å²) >= 11 is 0. The largest absolute Gasteiger partial charge is 0.481 e. The zero-order chi connectivity index (χ0) is 12.4. The quantitative estimate of drug-likeness (QED) is 0.616. The number of amides is 1. The molecule has 0 aromatic heterocycles. The third-order valence-corrected chi connectivity index (χ3v) is 3.18. The van der Waals surface area contributed by atoms with Gasteiger partial charge in [0.25, 0.3) is 0 Å². The van der Waals surface area contributed by atoms with Gasteiger partial charge in [0.15, 0.2) is 0 Å². The smallest absolute Gasteiger partial charge is 0.311 e. The summed E-state index contributed by atoms with van der Waals surface area (Å²) in [4.78, 5) is 22.6. The highest BCUT2D eigenvalue weighted by molar-refractivity contribution is 5.86. The number of nitrogens with one attached hydrogen (secondary N) is 1. The Morgan fingerprint density at radius 1 is 1.50 bits per heavy atom. The lowest BCUT2D eigenvalue weighted by molar-refractivity contribution is -0.143. The van der Waals surface area contributed by atoms with Crippen molar-refractivity contribution in [1.29, 1.82) is 0 Å². The molecule has 1 unspecified atom stereocenters. The van der Waals surface area contributed by atoms with Crippen molar-refractivity contribution in [2.45, 2.75) is 45.1 Å². The van der Waals surface area contributed by atoms with Crippen LogP contribution in [0, 0.1) is 5.41 Å². The lowest BCUT2D eigenvalue weighted by Crippen LogP contribution is -2.53. The van der Waals surface area contributed by atoms with Gasteiger partial charge in [0.05, 0.1) is 11.0 Å². The standard InChI is InChI=1S/C11H20N2O3/c1-3-4-10(2,12)8(14)13-7-11(5-6-11)9(15)16/h3-7,12H2,1-2H3,(H,13,14)(H,15,16). The first-order chi connectivity index (χ1) is 7.34. The van der Waals surface area contributed by atoms with Gasteiger partial charge in [-0.15, -0.1) is 0 Å². The molecule has 1 fully saturated rings. The summed E-state index contributed by atoms with van der Waals surface area (Å²) in [5.41, 5.74) is 4.21. The molecule has 0 saturated heterocycles. The summed E-state index contributed by atoms with van der Waals surface area (Å²) in [6.45, 7) is 3.82. The number of rotatable bonds is 6. The summed E-state index contributed by atoms with van der Waals surface area (Å²) in [7, 11) is 0. The van der Waals surface area contributed by atoms with E-state index in [1.54, 1.807) is 6.92 Å². The van der Waals surface area contributed by atoms with Gasteiger partial charge in [-0.3, -0.25) is 9.59 Å². The fourth-order valence-electron chi connectivity index (χ4n) is 1.70. The zero-order valence-corrected chi connectivity index (χ0v) is 9.88. The molecule has 0 aliphatic heterocycles. The van der Waals surface area contributed by atoms with Crippen LogP contribution in [-0.2, 0) is 9.59 Å². The van der Waals surface area contributed by atoms with Crippen LogP contribution in [0.15, 0.2) is 0 Å². The Morgan fingerprint density at radius 3 is 2.44 bits per heavy atom. The van der Waals surface area contributed by atoms with E-state index >= 15 is 0 Å². The molecule has 1 aliphatic carbocycles. The van der Waals surface area contributed by atoms with Gasteiger partial charge in [-0.25, -0.2) is 0 Å². The van der Waals surface area contributed by atoms with Crippen LogP contribution in [-0.4, -0.2) is 29.1 Å². The fraction of sp³-hybridized carbons (Fsp3) is 0.818. The molecule has 16 heavy (non-hydrogen) atoms. The van der Waals surface area contributed by atoms with Gasteiger partial charge in [-0.05, 0) is 26.2 Å². The summed E-state index contributed by atoms with van der Waals surface area (Å²) in [5.74, 6) is -1.09. The Labute approximate surface area is 95.4 Å². The molecule has 0 aromatic carbocycles. The van der Waals surface area contributed by atoms with Crippen molar-refractivity contribution in [3.63, 3.8) is 0 Å². The molecule has 1 aliphatic rings. The van der Waals surface area contributed by atoms with Crippen molar-refractivity contribution in [2.24, 2.45) is 11.1 Å². The van der Waals surface area contributed by atoms with Gasteiger partial charge in [-0.2, -0.15) is 0 Å². The molecule has 0 heterocycles. The Hall–Kier alpha value is -1.10. The molecule has 0 radical (unpaired) electrons. The summed E-state index contributed by atoms with van der Waals surface area (Å²) in [6.07, 6.45) is 2.69. The minimum absolute atomic E-state index is 0.192. The van der Waals surface area contributed by atoms with E-state index in [0.717, 1.165) is 6.42 Å². The Bertz CT molecular complexity index is 296. The maximum atomic E-state index is 11.7. The molecule has 0 spiro atoms. The lowest BCUT2D eigenvalue weighted by Gasteiger charge is -2.23. The van der Waals surface area contributed by atoms with Gasteiger partial charge in [0.2, 0.25) is 5.91 Å².